The van der Waals surface area contributed by atoms with Crippen molar-refractivity contribution in [2.45, 2.75) is 45.3 Å². The summed E-state index contributed by atoms with van der Waals surface area (Å²) in [6, 6.07) is 1.72. The third kappa shape index (κ3) is 2.66. The van der Waals surface area contributed by atoms with Gasteiger partial charge in [-0.2, -0.15) is 5.26 Å². The molecular weight excluding hydrogens is 204 g/mol. The van der Waals surface area contributed by atoms with Gasteiger partial charge in [-0.15, -0.1) is 0 Å². The standard InChI is InChI=1S/C12H18N2O2/c1-12(2,3)16-11(15)14-7(6-13)4-8-9-5-10(8)9/h7-10H,4-5H2,1-3H3,(H,14,15)/t7-,8-,9+,10?/m0/s1. The smallest absolute Gasteiger partial charge is 0.408 e. The zero-order valence-corrected chi connectivity index (χ0v) is 9.99. The van der Waals surface area contributed by atoms with Crippen molar-refractivity contribution in [2.24, 2.45) is 17.8 Å². The molecule has 0 aromatic carbocycles. The molecule has 4 nitrogen and oxygen atoms in total. The highest BCUT2D eigenvalue weighted by Gasteiger charge is 2.63. The fraction of sp³-hybridized carbons (Fsp3) is 0.833. The van der Waals surface area contributed by atoms with Gasteiger partial charge >= 0.3 is 6.09 Å². The van der Waals surface area contributed by atoms with Crippen molar-refractivity contribution in [1.29, 1.82) is 5.26 Å². The molecule has 1 unspecified atom stereocenters. The number of nitrogens with zero attached hydrogens (tertiary/aromatic N) is 1. The zero-order chi connectivity index (χ0) is 11.9. The number of fused-ring (bicyclic) bond motifs is 1. The molecule has 2 fully saturated rings. The number of amides is 1. The maximum Gasteiger partial charge on any atom is 0.408 e. The minimum absolute atomic E-state index is 0.396. The second-order valence-electron chi connectivity index (χ2n) is 5.79. The summed E-state index contributed by atoms with van der Waals surface area (Å²) >= 11 is 0. The van der Waals surface area contributed by atoms with Crippen LogP contribution in [0.25, 0.3) is 0 Å². The lowest BCUT2D eigenvalue weighted by atomic mass is 10.1. The Balaban J connectivity index is 1.73. The summed E-state index contributed by atoms with van der Waals surface area (Å²) in [6.07, 6.45) is 1.62. The lowest BCUT2D eigenvalue weighted by molar-refractivity contribution is 0.0512. The van der Waals surface area contributed by atoms with Gasteiger partial charge in [-0.25, -0.2) is 4.79 Å². The molecule has 88 valence electrons. The maximum atomic E-state index is 11.4. The normalized spacial score (nSPS) is 32.0. The Labute approximate surface area is 96.0 Å². The highest BCUT2D eigenvalue weighted by Crippen LogP contribution is 2.69. The van der Waals surface area contributed by atoms with Crippen molar-refractivity contribution in [2.75, 3.05) is 0 Å². The molecule has 0 aromatic rings. The van der Waals surface area contributed by atoms with Crippen LogP contribution in [-0.2, 0) is 4.74 Å². The Morgan fingerprint density at radius 3 is 2.56 bits per heavy atom. The maximum absolute atomic E-state index is 11.4. The first-order valence-electron chi connectivity index (χ1n) is 5.80. The van der Waals surface area contributed by atoms with E-state index in [4.69, 9.17) is 10.00 Å². The Morgan fingerprint density at radius 2 is 2.19 bits per heavy atom. The number of ether oxygens (including phenoxy) is 1. The zero-order valence-electron chi connectivity index (χ0n) is 9.99. The summed E-state index contributed by atoms with van der Waals surface area (Å²) in [5, 5.41) is 11.5. The second-order valence-corrected chi connectivity index (χ2v) is 5.79. The van der Waals surface area contributed by atoms with Crippen molar-refractivity contribution in [3.63, 3.8) is 0 Å². The van der Waals surface area contributed by atoms with Crippen LogP contribution in [0.3, 0.4) is 0 Å². The number of carbonyl (C=O) groups is 1. The van der Waals surface area contributed by atoms with Gasteiger partial charge in [0.1, 0.15) is 11.6 Å². The van der Waals surface area contributed by atoms with Crippen LogP contribution in [0, 0.1) is 29.1 Å². The first-order chi connectivity index (χ1) is 7.40. The van der Waals surface area contributed by atoms with Crippen molar-refractivity contribution in [1.82, 2.24) is 5.32 Å². The van der Waals surface area contributed by atoms with Gasteiger partial charge in [0, 0.05) is 0 Å². The second kappa shape index (κ2) is 3.65. The molecule has 0 bridgehead atoms. The average Bonchev–Trinajstić information content (AvgIpc) is 2.97. The Bertz CT molecular complexity index is 332. The molecule has 0 aliphatic heterocycles. The van der Waals surface area contributed by atoms with Crippen LogP contribution in [-0.4, -0.2) is 17.7 Å². The van der Waals surface area contributed by atoms with Crippen LogP contribution in [0.4, 0.5) is 4.79 Å². The SMILES string of the molecule is CC(C)(C)OC(=O)N[C@H](C#N)C[C@@H]1C2C[C@@H]21. The number of hydrogen-bond acceptors (Lipinski definition) is 3. The molecule has 16 heavy (non-hydrogen) atoms. The number of nitrogens with one attached hydrogen (secondary N) is 1. The number of rotatable bonds is 3. The fourth-order valence-electron chi connectivity index (χ4n) is 2.13. The minimum atomic E-state index is -0.508. The first kappa shape index (κ1) is 11.3. The minimum Gasteiger partial charge on any atom is -0.444 e. The van der Waals surface area contributed by atoms with E-state index in [0.29, 0.717) is 5.92 Å². The number of nitriles is 1. The lowest BCUT2D eigenvalue weighted by Crippen LogP contribution is -2.39. The highest BCUT2D eigenvalue weighted by atomic mass is 16.6. The molecule has 0 radical (unpaired) electrons. The highest BCUT2D eigenvalue weighted by molar-refractivity contribution is 5.68. The summed E-state index contributed by atoms with van der Waals surface area (Å²) in [4.78, 5) is 11.4. The summed E-state index contributed by atoms with van der Waals surface area (Å²) in [5.41, 5.74) is -0.508. The van der Waals surface area contributed by atoms with E-state index in [1.807, 2.05) is 20.8 Å². The fourth-order valence-corrected chi connectivity index (χ4v) is 2.13. The van der Waals surface area contributed by atoms with Gasteiger partial charge in [0.25, 0.3) is 0 Å². The summed E-state index contributed by atoms with van der Waals surface area (Å²) in [6.45, 7) is 5.43. The molecule has 0 heterocycles. The molecule has 2 aliphatic carbocycles. The van der Waals surface area contributed by atoms with E-state index in [0.717, 1.165) is 18.3 Å². The van der Waals surface area contributed by atoms with Crippen LogP contribution >= 0.6 is 0 Å². The van der Waals surface area contributed by atoms with Crippen LogP contribution in [0.15, 0.2) is 0 Å². The van der Waals surface area contributed by atoms with Crippen LogP contribution < -0.4 is 5.32 Å². The van der Waals surface area contributed by atoms with Crippen molar-refractivity contribution >= 4 is 6.09 Å². The van der Waals surface area contributed by atoms with Crippen LogP contribution in [0.2, 0.25) is 0 Å². The molecular formula is C12H18N2O2. The summed E-state index contributed by atoms with van der Waals surface area (Å²) in [5.74, 6) is 2.40. The van der Waals surface area contributed by atoms with Gasteiger partial charge in [0.2, 0.25) is 0 Å². The largest absolute Gasteiger partial charge is 0.444 e. The van der Waals surface area contributed by atoms with Crippen molar-refractivity contribution in [3.05, 3.63) is 0 Å². The van der Waals surface area contributed by atoms with E-state index in [9.17, 15) is 4.79 Å². The summed E-state index contributed by atoms with van der Waals surface area (Å²) in [7, 11) is 0. The molecule has 2 saturated carbocycles. The predicted molar refractivity (Wildman–Crippen MR) is 58.5 cm³/mol. The van der Waals surface area contributed by atoms with E-state index in [2.05, 4.69) is 11.4 Å². The number of carbonyl (C=O) groups excluding carboxylic acids is 1. The van der Waals surface area contributed by atoms with Crippen LogP contribution in [0.5, 0.6) is 0 Å². The van der Waals surface area contributed by atoms with Gasteiger partial charge < -0.3 is 10.1 Å². The molecule has 4 atom stereocenters. The third-order valence-corrected chi connectivity index (χ3v) is 3.20. The molecule has 1 N–H and O–H groups in total. The van der Waals surface area contributed by atoms with Crippen LogP contribution in [0.1, 0.15) is 33.6 Å². The van der Waals surface area contributed by atoms with E-state index < -0.39 is 17.7 Å². The van der Waals surface area contributed by atoms with Gasteiger partial charge in [0.15, 0.2) is 0 Å². The van der Waals surface area contributed by atoms with Gasteiger partial charge in [-0.1, -0.05) is 0 Å². The van der Waals surface area contributed by atoms with Crippen molar-refractivity contribution in [3.8, 4) is 6.07 Å². The monoisotopic (exact) mass is 222 g/mol. The lowest BCUT2D eigenvalue weighted by Gasteiger charge is -2.21. The van der Waals surface area contributed by atoms with Gasteiger partial charge in [-0.3, -0.25) is 0 Å². The number of alkyl carbamates (subject to hydrolysis) is 1. The Morgan fingerprint density at radius 1 is 1.56 bits per heavy atom. The van der Waals surface area contributed by atoms with Crippen molar-refractivity contribution < 1.29 is 9.53 Å². The predicted octanol–water partition coefficient (Wildman–Crippen LogP) is 2.06. The molecule has 2 aliphatic rings. The third-order valence-electron chi connectivity index (χ3n) is 3.20. The van der Waals surface area contributed by atoms with E-state index in [1.54, 1.807) is 0 Å². The van der Waals surface area contributed by atoms with Gasteiger partial charge in [0.05, 0.1) is 6.07 Å². The van der Waals surface area contributed by atoms with Gasteiger partial charge in [-0.05, 0) is 51.4 Å². The Hall–Kier alpha value is -1.24. The topological polar surface area (TPSA) is 62.1 Å². The quantitative estimate of drug-likeness (QED) is 0.795. The average molecular weight is 222 g/mol. The molecule has 0 aromatic heterocycles. The molecule has 0 spiro atoms. The molecule has 1 amide bonds. The Kier molecular flexibility index (Phi) is 2.57. The molecule has 2 rings (SSSR count). The first-order valence-corrected chi connectivity index (χ1v) is 5.80. The van der Waals surface area contributed by atoms with E-state index in [1.165, 1.54) is 6.42 Å². The number of hydrogen-bond donors (Lipinski definition) is 1. The molecule has 0 saturated heterocycles. The van der Waals surface area contributed by atoms with E-state index >= 15 is 0 Å². The molecule has 4 heteroatoms. The van der Waals surface area contributed by atoms with E-state index in [-0.39, 0.29) is 0 Å². The summed E-state index contributed by atoms with van der Waals surface area (Å²) < 4.78 is 5.11.